The van der Waals surface area contributed by atoms with Crippen molar-refractivity contribution in [3.8, 4) is 5.88 Å². The Morgan fingerprint density at radius 2 is 2.23 bits per heavy atom. The van der Waals surface area contributed by atoms with Gasteiger partial charge in [-0.3, -0.25) is 0 Å². The van der Waals surface area contributed by atoms with Gasteiger partial charge in [0.15, 0.2) is 0 Å². The smallest absolute Gasteiger partial charge is 0.266 e. The van der Waals surface area contributed by atoms with Crippen molar-refractivity contribution >= 4 is 27.5 Å². The Morgan fingerprint density at radius 1 is 1.62 bits per heavy atom. The van der Waals surface area contributed by atoms with E-state index in [9.17, 15) is 8.78 Å². The van der Waals surface area contributed by atoms with Crippen LogP contribution in [0.15, 0.2) is 10.5 Å². The number of nitrogens with zero attached hydrogens (tertiary/aromatic N) is 1. The van der Waals surface area contributed by atoms with Crippen molar-refractivity contribution < 1.29 is 13.5 Å². The summed E-state index contributed by atoms with van der Waals surface area (Å²) in [6.45, 7) is 0. The molecule has 1 aromatic rings. The summed E-state index contributed by atoms with van der Waals surface area (Å²) in [7, 11) is 1.38. The summed E-state index contributed by atoms with van der Waals surface area (Å²) < 4.78 is 29.6. The average Bonchev–Trinajstić information content (AvgIpc) is 2.07. The molecular formula is C7H5BrClF2NO. The topological polar surface area (TPSA) is 22.1 Å². The molecule has 0 bridgehead atoms. The van der Waals surface area contributed by atoms with Gasteiger partial charge < -0.3 is 4.74 Å². The van der Waals surface area contributed by atoms with Crippen LogP contribution in [0, 0.1) is 0 Å². The van der Waals surface area contributed by atoms with E-state index in [0.29, 0.717) is 4.47 Å². The number of methoxy groups -OCH3 is 1. The third-order valence-electron chi connectivity index (χ3n) is 1.35. The molecule has 0 saturated carbocycles. The van der Waals surface area contributed by atoms with Gasteiger partial charge in [-0.2, -0.15) is 0 Å². The summed E-state index contributed by atoms with van der Waals surface area (Å²) in [6.07, 6.45) is -2.64. The fourth-order valence-corrected chi connectivity index (χ4v) is 1.47. The Labute approximate surface area is 87.0 Å². The van der Waals surface area contributed by atoms with E-state index in [2.05, 4.69) is 20.9 Å². The fourth-order valence-electron chi connectivity index (χ4n) is 0.761. The highest BCUT2D eigenvalue weighted by molar-refractivity contribution is 9.10. The minimum Gasteiger partial charge on any atom is -0.480 e. The molecule has 0 radical (unpaired) electrons. The molecule has 0 N–H and O–H groups in total. The maximum absolute atomic E-state index is 12.3. The van der Waals surface area contributed by atoms with Crippen LogP contribution < -0.4 is 4.74 Å². The molecule has 0 aliphatic heterocycles. The predicted octanol–water partition coefficient (Wildman–Crippen LogP) is 3.44. The highest BCUT2D eigenvalue weighted by Crippen LogP contribution is 2.32. The molecule has 2 nitrogen and oxygen atoms in total. The van der Waals surface area contributed by atoms with Gasteiger partial charge in [0.1, 0.15) is 5.15 Å². The number of halogens is 4. The lowest BCUT2D eigenvalue weighted by Crippen LogP contribution is -1.94. The Hall–Kier alpha value is -0.420. The van der Waals surface area contributed by atoms with Crippen molar-refractivity contribution in [2.45, 2.75) is 6.43 Å². The second kappa shape index (κ2) is 4.19. The van der Waals surface area contributed by atoms with Crippen molar-refractivity contribution in [2.75, 3.05) is 7.11 Å². The number of hydrogen-bond acceptors (Lipinski definition) is 2. The van der Waals surface area contributed by atoms with Crippen molar-refractivity contribution in [1.82, 2.24) is 4.98 Å². The van der Waals surface area contributed by atoms with Gasteiger partial charge in [-0.05, 0) is 22.0 Å². The largest absolute Gasteiger partial charge is 0.480 e. The van der Waals surface area contributed by atoms with Crippen LogP contribution in [0.3, 0.4) is 0 Å². The van der Waals surface area contributed by atoms with E-state index < -0.39 is 6.43 Å². The zero-order chi connectivity index (χ0) is 10.0. The number of ether oxygens (including phenoxy) is 1. The summed E-state index contributed by atoms with van der Waals surface area (Å²) in [4.78, 5) is 3.63. The summed E-state index contributed by atoms with van der Waals surface area (Å²) >= 11 is 8.51. The van der Waals surface area contributed by atoms with Crippen LogP contribution in [0.1, 0.15) is 12.0 Å². The summed E-state index contributed by atoms with van der Waals surface area (Å²) in [6, 6.07) is 1.19. The van der Waals surface area contributed by atoms with E-state index in [1.807, 2.05) is 0 Å². The molecular weight excluding hydrogens is 267 g/mol. The highest BCUT2D eigenvalue weighted by Gasteiger charge is 2.16. The quantitative estimate of drug-likeness (QED) is 0.769. The van der Waals surface area contributed by atoms with Crippen LogP contribution in [0.2, 0.25) is 5.15 Å². The summed E-state index contributed by atoms with van der Waals surface area (Å²) in [5, 5.41) is -0.241. The van der Waals surface area contributed by atoms with Gasteiger partial charge in [0, 0.05) is 0 Å². The van der Waals surface area contributed by atoms with E-state index in [1.54, 1.807) is 0 Å². The molecule has 0 spiro atoms. The van der Waals surface area contributed by atoms with Crippen LogP contribution in [0.25, 0.3) is 0 Å². The molecule has 0 fully saturated rings. The molecule has 1 heterocycles. The second-order valence-electron chi connectivity index (χ2n) is 2.16. The molecule has 0 aliphatic carbocycles. The Balaban J connectivity index is 3.20. The van der Waals surface area contributed by atoms with Gasteiger partial charge in [0.25, 0.3) is 6.43 Å². The first-order valence-corrected chi connectivity index (χ1v) is 4.41. The van der Waals surface area contributed by atoms with E-state index in [1.165, 1.54) is 13.2 Å². The average molecular weight is 272 g/mol. The lowest BCUT2D eigenvalue weighted by Gasteiger charge is -2.06. The molecule has 1 rings (SSSR count). The number of pyridine rings is 1. The lowest BCUT2D eigenvalue weighted by molar-refractivity contribution is 0.151. The van der Waals surface area contributed by atoms with Crippen molar-refractivity contribution in [3.05, 3.63) is 21.3 Å². The van der Waals surface area contributed by atoms with E-state index >= 15 is 0 Å². The molecule has 0 atom stereocenters. The first kappa shape index (κ1) is 10.7. The van der Waals surface area contributed by atoms with E-state index in [4.69, 9.17) is 16.3 Å². The second-order valence-corrected chi connectivity index (χ2v) is 3.37. The number of aromatic nitrogens is 1. The van der Waals surface area contributed by atoms with E-state index in [0.717, 1.165) is 0 Å². The van der Waals surface area contributed by atoms with Gasteiger partial charge in [-0.25, -0.2) is 13.8 Å². The van der Waals surface area contributed by atoms with Gasteiger partial charge >= 0.3 is 0 Å². The van der Waals surface area contributed by atoms with Crippen LogP contribution in [-0.2, 0) is 0 Å². The first-order chi connectivity index (χ1) is 6.06. The van der Waals surface area contributed by atoms with Crippen LogP contribution >= 0.6 is 27.5 Å². The molecule has 0 aliphatic rings. The molecule has 1 aromatic heterocycles. The summed E-state index contributed by atoms with van der Waals surface area (Å²) in [5.74, 6) is 0.189. The van der Waals surface area contributed by atoms with Crippen LogP contribution in [0.4, 0.5) is 8.78 Å². The Morgan fingerprint density at radius 3 is 2.69 bits per heavy atom. The first-order valence-electron chi connectivity index (χ1n) is 3.24. The van der Waals surface area contributed by atoms with Crippen LogP contribution in [-0.4, -0.2) is 12.1 Å². The van der Waals surface area contributed by atoms with Crippen molar-refractivity contribution in [3.63, 3.8) is 0 Å². The molecule has 0 aromatic carbocycles. The fraction of sp³-hybridized carbons (Fsp3) is 0.286. The number of rotatable bonds is 2. The minimum absolute atomic E-state index is 0.189. The third-order valence-corrected chi connectivity index (χ3v) is 2.22. The Bertz CT molecular complexity index is 322. The van der Waals surface area contributed by atoms with Crippen molar-refractivity contribution in [2.24, 2.45) is 0 Å². The molecule has 13 heavy (non-hydrogen) atoms. The maximum Gasteiger partial charge on any atom is 0.266 e. The minimum atomic E-state index is -2.64. The van der Waals surface area contributed by atoms with Crippen LogP contribution in [0.5, 0.6) is 5.88 Å². The Kier molecular flexibility index (Phi) is 3.44. The van der Waals surface area contributed by atoms with E-state index in [-0.39, 0.29) is 16.6 Å². The highest BCUT2D eigenvalue weighted by atomic mass is 79.9. The molecule has 0 unspecified atom stereocenters. The van der Waals surface area contributed by atoms with Gasteiger partial charge in [0.2, 0.25) is 5.88 Å². The molecule has 0 amide bonds. The molecule has 6 heteroatoms. The lowest BCUT2D eigenvalue weighted by atomic mass is 10.3. The zero-order valence-corrected chi connectivity index (χ0v) is 8.86. The standard InChI is InChI=1S/C7H5BrClF2NO/c1-13-7-4(8)2-3(6(10)11)5(9)12-7/h2,6H,1H3. The van der Waals surface area contributed by atoms with Gasteiger partial charge in [0.05, 0.1) is 17.1 Å². The normalized spacial score (nSPS) is 10.6. The molecule has 0 saturated heterocycles. The third kappa shape index (κ3) is 2.28. The SMILES string of the molecule is COc1nc(Cl)c(C(F)F)cc1Br. The summed E-state index contributed by atoms with van der Waals surface area (Å²) in [5.41, 5.74) is -0.311. The van der Waals surface area contributed by atoms with Gasteiger partial charge in [-0.15, -0.1) is 0 Å². The molecule has 72 valence electrons. The number of hydrogen-bond donors (Lipinski definition) is 0. The predicted molar refractivity (Wildman–Crippen MR) is 48.5 cm³/mol. The maximum atomic E-state index is 12.3. The van der Waals surface area contributed by atoms with Crippen molar-refractivity contribution in [1.29, 1.82) is 0 Å². The number of alkyl halides is 2. The van der Waals surface area contributed by atoms with Gasteiger partial charge in [-0.1, -0.05) is 11.6 Å². The zero-order valence-electron chi connectivity index (χ0n) is 6.52. The monoisotopic (exact) mass is 271 g/mol.